The molecule has 4 nitrogen and oxygen atoms in total. The molecular formula is C10H9Br2N3O. The van der Waals surface area contributed by atoms with Gasteiger partial charge in [-0.2, -0.15) is 5.26 Å². The van der Waals surface area contributed by atoms with Gasteiger partial charge in [0.2, 0.25) is 0 Å². The first-order valence-electron chi connectivity index (χ1n) is 4.41. The highest BCUT2D eigenvalue weighted by atomic mass is 79.9. The number of nitriles is 1. The Kier molecular flexibility index (Phi) is 4.05. The molecule has 0 bridgehead atoms. The van der Waals surface area contributed by atoms with Gasteiger partial charge in [-0.05, 0) is 57.8 Å². The molecule has 0 radical (unpaired) electrons. The average Bonchev–Trinajstić information content (AvgIpc) is 2.15. The van der Waals surface area contributed by atoms with Gasteiger partial charge in [0.15, 0.2) is 0 Å². The van der Waals surface area contributed by atoms with E-state index in [0.29, 0.717) is 14.8 Å². The van der Waals surface area contributed by atoms with E-state index in [9.17, 15) is 4.79 Å². The lowest BCUT2D eigenvalue weighted by Gasteiger charge is -2.17. The summed E-state index contributed by atoms with van der Waals surface area (Å²) in [7, 11) is 0. The number of aromatic nitrogens is 1. The van der Waals surface area contributed by atoms with Crippen LogP contribution < -0.4 is 5.32 Å². The molecule has 0 unspecified atom stereocenters. The lowest BCUT2D eigenvalue weighted by atomic mass is 10.1. The van der Waals surface area contributed by atoms with Crippen LogP contribution >= 0.6 is 31.9 Å². The minimum atomic E-state index is -0.890. The molecule has 1 rings (SSSR count). The third kappa shape index (κ3) is 3.58. The van der Waals surface area contributed by atoms with Crippen LogP contribution in [0.25, 0.3) is 0 Å². The molecule has 6 heteroatoms. The summed E-state index contributed by atoms with van der Waals surface area (Å²) in [4.78, 5) is 15.8. The number of nitrogens with one attached hydrogen (secondary N) is 1. The number of hydrogen-bond acceptors (Lipinski definition) is 3. The van der Waals surface area contributed by atoms with Crippen molar-refractivity contribution in [1.82, 2.24) is 10.3 Å². The van der Waals surface area contributed by atoms with E-state index >= 15 is 0 Å². The highest BCUT2D eigenvalue weighted by molar-refractivity contribution is 9.11. The Labute approximate surface area is 110 Å². The zero-order valence-electron chi connectivity index (χ0n) is 8.71. The van der Waals surface area contributed by atoms with Gasteiger partial charge in [0.25, 0.3) is 5.91 Å². The molecular weight excluding hydrogens is 338 g/mol. The van der Waals surface area contributed by atoms with Gasteiger partial charge >= 0.3 is 0 Å². The van der Waals surface area contributed by atoms with E-state index in [1.165, 1.54) is 0 Å². The van der Waals surface area contributed by atoms with E-state index in [1.54, 1.807) is 26.0 Å². The highest BCUT2D eigenvalue weighted by Gasteiger charge is 2.20. The van der Waals surface area contributed by atoms with Gasteiger partial charge in [-0.25, -0.2) is 4.98 Å². The van der Waals surface area contributed by atoms with Crippen LogP contribution in [0.5, 0.6) is 0 Å². The van der Waals surface area contributed by atoms with E-state index in [0.717, 1.165) is 0 Å². The van der Waals surface area contributed by atoms with Gasteiger partial charge in [0, 0.05) is 5.56 Å². The summed E-state index contributed by atoms with van der Waals surface area (Å²) in [5.74, 6) is -0.310. The Morgan fingerprint density at radius 1 is 1.44 bits per heavy atom. The third-order valence-electron chi connectivity index (χ3n) is 1.73. The van der Waals surface area contributed by atoms with Gasteiger partial charge in [-0.3, -0.25) is 4.79 Å². The molecule has 1 aromatic rings. The van der Waals surface area contributed by atoms with Gasteiger partial charge < -0.3 is 5.32 Å². The van der Waals surface area contributed by atoms with Gasteiger partial charge in [0.05, 0.1) is 6.07 Å². The summed E-state index contributed by atoms with van der Waals surface area (Å²) in [6.45, 7) is 3.27. The molecule has 0 aliphatic carbocycles. The molecule has 0 aliphatic rings. The molecule has 84 valence electrons. The molecule has 1 heterocycles. The minimum absolute atomic E-state index is 0.310. The van der Waals surface area contributed by atoms with Crippen LogP contribution in [-0.4, -0.2) is 16.4 Å². The first-order valence-corrected chi connectivity index (χ1v) is 5.99. The highest BCUT2D eigenvalue weighted by Crippen LogP contribution is 2.16. The second kappa shape index (κ2) is 4.93. The Hall–Kier alpha value is -0.930. The Morgan fingerprint density at radius 3 is 2.38 bits per heavy atom. The van der Waals surface area contributed by atoms with Crippen LogP contribution in [0.2, 0.25) is 0 Å². The molecule has 1 aromatic heterocycles. The zero-order chi connectivity index (χ0) is 12.3. The molecule has 0 saturated carbocycles. The van der Waals surface area contributed by atoms with E-state index in [4.69, 9.17) is 5.26 Å². The summed E-state index contributed by atoms with van der Waals surface area (Å²) < 4.78 is 1.11. The standard InChI is InChI=1S/C10H9Br2N3O/c1-10(2,5-13)15-9(16)6-3-7(11)14-8(12)4-6/h3-4H,1-2H3,(H,15,16). The third-order valence-corrected chi connectivity index (χ3v) is 2.54. The minimum Gasteiger partial charge on any atom is -0.334 e. The number of halogens is 2. The molecule has 1 N–H and O–H groups in total. The van der Waals surface area contributed by atoms with Crippen LogP contribution in [0.3, 0.4) is 0 Å². The number of carbonyl (C=O) groups is 1. The fourth-order valence-electron chi connectivity index (χ4n) is 0.980. The average molecular weight is 347 g/mol. The lowest BCUT2D eigenvalue weighted by Crippen LogP contribution is -2.42. The van der Waals surface area contributed by atoms with Gasteiger partial charge in [-0.1, -0.05) is 0 Å². The lowest BCUT2D eigenvalue weighted by molar-refractivity contribution is 0.0929. The number of rotatable bonds is 2. The largest absolute Gasteiger partial charge is 0.334 e. The summed E-state index contributed by atoms with van der Waals surface area (Å²) in [6, 6.07) is 5.18. The maximum Gasteiger partial charge on any atom is 0.252 e. The van der Waals surface area contributed by atoms with Crippen molar-refractivity contribution < 1.29 is 4.79 Å². The number of pyridine rings is 1. The van der Waals surface area contributed by atoms with Crippen molar-refractivity contribution in [3.05, 3.63) is 26.9 Å². The topological polar surface area (TPSA) is 65.8 Å². The maximum atomic E-state index is 11.8. The Bertz CT molecular complexity index is 445. The molecule has 0 aromatic carbocycles. The van der Waals surface area contributed by atoms with Crippen molar-refractivity contribution in [2.24, 2.45) is 0 Å². The Morgan fingerprint density at radius 2 is 1.94 bits per heavy atom. The summed E-state index contributed by atoms with van der Waals surface area (Å²) >= 11 is 6.38. The fourth-order valence-corrected chi connectivity index (χ4v) is 2.09. The van der Waals surface area contributed by atoms with E-state index in [2.05, 4.69) is 42.2 Å². The fraction of sp³-hybridized carbons (Fsp3) is 0.300. The van der Waals surface area contributed by atoms with Crippen LogP contribution in [0.4, 0.5) is 0 Å². The molecule has 0 saturated heterocycles. The predicted octanol–water partition coefficient (Wildman–Crippen LogP) is 2.64. The molecule has 0 aliphatic heterocycles. The Balaban J connectivity index is 2.94. The van der Waals surface area contributed by atoms with Crippen molar-refractivity contribution in [3.63, 3.8) is 0 Å². The smallest absolute Gasteiger partial charge is 0.252 e. The van der Waals surface area contributed by atoms with E-state index in [1.807, 2.05) is 6.07 Å². The first-order chi connectivity index (χ1) is 7.34. The number of carbonyl (C=O) groups excluding carboxylic acids is 1. The van der Waals surface area contributed by atoms with Gasteiger partial charge in [-0.15, -0.1) is 0 Å². The number of amides is 1. The van der Waals surface area contributed by atoms with Crippen LogP contribution in [0.15, 0.2) is 21.3 Å². The van der Waals surface area contributed by atoms with Crippen molar-refractivity contribution in [1.29, 1.82) is 5.26 Å². The first kappa shape index (κ1) is 13.1. The van der Waals surface area contributed by atoms with Crippen LogP contribution in [-0.2, 0) is 0 Å². The van der Waals surface area contributed by atoms with Crippen molar-refractivity contribution in [3.8, 4) is 6.07 Å². The SMILES string of the molecule is CC(C)(C#N)NC(=O)c1cc(Br)nc(Br)c1. The van der Waals surface area contributed by atoms with Crippen LogP contribution in [0.1, 0.15) is 24.2 Å². The molecule has 16 heavy (non-hydrogen) atoms. The monoisotopic (exact) mass is 345 g/mol. The summed E-state index contributed by atoms with van der Waals surface area (Å²) in [6.07, 6.45) is 0. The summed E-state index contributed by atoms with van der Waals surface area (Å²) in [5, 5.41) is 11.4. The quantitative estimate of drug-likeness (QED) is 0.837. The second-order valence-corrected chi connectivity index (χ2v) is 5.32. The normalized spacial score (nSPS) is 10.7. The molecule has 0 fully saturated rings. The van der Waals surface area contributed by atoms with E-state index < -0.39 is 5.54 Å². The van der Waals surface area contributed by atoms with Crippen molar-refractivity contribution in [2.45, 2.75) is 19.4 Å². The molecule has 0 atom stereocenters. The van der Waals surface area contributed by atoms with E-state index in [-0.39, 0.29) is 5.91 Å². The van der Waals surface area contributed by atoms with Gasteiger partial charge in [0.1, 0.15) is 14.7 Å². The predicted molar refractivity (Wildman–Crippen MR) is 66.8 cm³/mol. The zero-order valence-corrected chi connectivity index (χ0v) is 11.9. The van der Waals surface area contributed by atoms with Crippen LogP contribution in [0, 0.1) is 11.3 Å². The second-order valence-electron chi connectivity index (χ2n) is 3.69. The number of nitrogens with zero attached hydrogens (tertiary/aromatic N) is 2. The number of hydrogen-bond donors (Lipinski definition) is 1. The molecule has 1 amide bonds. The summed E-state index contributed by atoms with van der Waals surface area (Å²) in [5.41, 5.74) is -0.448. The molecule has 0 spiro atoms. The maximum absolute atomic E-state index is 11.8. The van der Waals surface area contributed by atoms with Crippen molar-refractivity contribution >= 4 is 37.8 Å². The van der Waals surface area contributed by atoms with Crippen molar-refractivity contribution in [2.75, 3.05) is 0 Å².